The number of carbonyl (C=O) groups is 1. The van der Waals surface area contributed by atoms with Gasteiger partial charge in [-0.2, -0.15) is 18.3 Å². The quantitative estimate of drug-likeness (QED) is 0.218. The number of nitrogens with zero attached hydrogens (tertiary/aromatic N) is 3. The van der Waals surface area contributed by atoms with Gasteiger partial charge in [-0.1, -0.05) is 51.7 Å². The molecule has 12 heteroatoms. The van der Waals surface area contributed by atoms with Gasteiger partial charge in [-0.3, -0.25) is 4.68 Å². The molecule has 0 radical (unpaired) electrons. The second kappa shape index (κ2) is 9.52. The number of hydrogen-bond donors (Lipinski definition) is 0. The highest BCUT2D eigenvalue weighted by atomic mass is 35.5. The summed E-state index contributed by atoms with van der Waals surface area (Å²) in [6.45, 7) is 0. The summed E-state index contributed by atoms with van der Waals surface area (Å²) in [5, 5.41) is 7.93. The van der Waals surface area contributed by atoms with Crippen molar-refractivity contribution >= 4 is 58.7 Å². The number of alkyl halides is 3. The molecule has 0 aliphatic carbocycles. The summed E-state index contributed by atoms with van der Waals surface area (Å²) in [5.74, 6) is -0.956. The molecule has 31 heavy (non-hydrogen) atoms. The van der Waals surface area contributed by atoms with Crippen LogP contribution in [0.15, 0.2) is 57.5 Å². The molecule has 0 aliphatic rings. The SMILES string of the molecule is Cn1nc(C(F)(F)F)c(/C=N/OC(=O)c2ccc(Cl)cc2Cl)c1Sc1ccc(Cl)cc1. The van der Waals surface area contributed by atoms with Crippen LogP contribution in [0.25, 0.3) is 0 Å². The number of benzene rings is 2. The first kappa shape index (κ1) is 23.5. The lowest BCUT2D eigenvalue weighted by molar-refractivity contribution is -0.141. The van der Waals surface area contributed by atoms with Gasteiger partial charge >= 0.3 is 12.1 Å². The molecule has 1 aromatic heterocycles. The second-order valence-corrected chi connectivity index (χ2v) is 8.32. The number of aryl methyl sites for hydroxylation is 1. The minimum atomic E-state index is -4.75. The number of aromatic nitrogens is 2. The fourth-order valence-electron chi connectivity index (χ4n) is 2.42. The fraction of sp³-hybridized carbons (Fsp3) is 0.105. The maximum Gasteiger partial charge on any atom is 0.435 e. The molecule has 0 bridgehead atoms. The first-order chi connectivity index (χ1) is 14.6. The van der Waals surface area contributed by atoms with Gasteiger partial charge in [-0.05, 0) is 42.5 Å². The Bertz CT molecular complexity index is 1150. The van der Waals surface area contributed by atoms with E-state index >= 15 is 0 Å². The van der Waals surface area contributed by atoms with E-state index in [-0.39, 0.29) is 21.2 Å². The van der Waals surface area contributed by atoms with Gasteiger partial charge in [0.05, 0.1) is 22.4 Å². The minimum absolute atomic E-state index is 0.0176. The van der Waals surface area contributed by atoms with Crippen LogP contribution < -0.4 is 0 Å². The molecule has 0 aliphatic heterocycles. The third kappa shape index (κ3) is 5.74. The van der Waals surface area contributed by atoms with Crippen molar-refractivity contribution in [2.45, 2.75) is 16.1 Å². The molecule has 0 spiro atoms. The summed E-state index contributed by atoms with van der Waals surface area (Å²) >= 11 is 18.6. The van der Waals surface area contributed by atoms with Crippen molar-refractivity contribution in [1.29, 1.82) is 0 Å². The van der Waals surface area contributed by atoms with Crippen LogP contribution in [0.5, 0.6) is 0 Å². The van der Waals surface area contributed by atoms with E-state index in [9.17, 15) is 18.0 Å². The lowest BCUT2D eigenvalue weighted by Gasteiger charge is -2.05. The van der Waals surface area contributed by atoms with Gasteiger partial charge in [0.25, 0.3) is 0 Å². The molecule has 0 fully saturated rings. The molecule has 0 saturated carbocycles. The van der Waals surface area contributed by atoms with Crippen molar-refractivity contribution in [2.75, 3.05) is 0 Å². The Balaban J connectivity index is 1.90. The van der Waals surface area contributed by atoms with Crippen LogP contribution in [0, 0.1) is 0 Å². The van der Waals surface area contributed by atoms with E-state index < -0.39 is 17.8 Å². The Morgan fingerprint density at radius 1 is 1.13 bits per heavy atom. The van der Waals surface area contributed by atoms with E-state index in [1.54, 1.807) is 24.3 Å². The maximum absolute atomic E-state index is 13.5. The molecule has 0 saturated heterocycles. The van der Waals surface area contributed by atoms with Crippen LogP contribution in [0.2, 0.25) is 15.1 Å². The van der Waals surface area contributed by atoms with E-state index in [1.165, 1.54) is 25.2 Å². The van der Waals surface area contributed by atoms with Crippen molar-refractivity contribution in [1.82, 2.24) is 9.78 Å². The zero-order valence-electron chi connectivity index (χ0n) is 15.5. The first-order valence-electron chi connectivity index (χ1n) is 8.33. The van der Waals surface area contributed by atoms with Gasteiger partial charge in [0.1, 0.15) is 5.03 Å². The Hall–Kier alpha value is -2.20. The first-order valence-corrected chi connectivity index (χ1v) is 10.3. The fourth-order valence-corrected chi connectivity index (χ4v) is 3.96. The molecule has 0 atom stereocenters. The molecule has 162 valence electrons. The number of hydrogen-bond acceptors (Lipinski definition) is 5. The number of rotatable bonds is 5. The molecule has 3 aromatic rings. The number of oxime groups is 1. The largest absolute Gasteiger partial charge is 0.435 e. The van der Waals surface area contributed by atoms with E-state index in [2.05, 4.69) is 10.3 Å². The van der Waals surface area contributed by atoms with Gasteiger partial charge in [0, 0.05) is 22.0 Å². The van der Waals surface area contributed by atoms with Crippen LogP contribution in [-0.4, -0.2) is 22.0 Å². The van der Waals surface area contributed by atoms with Gasteiger partial charge < -0.3 is 4.84 Å². The number of carbonyl (C=O) groups excluding carboxylic acids is 1. The molecule has 0 unspecified atom stereocenters. The molecule has 3 rings (SSSR count). The summed E-state index contributed by atoms with van der Waals surface area (Å²) in [6, 6.07) is 10.6. The van der Waals surface area contributed by atoms with Crippen LogP contribution in [0.3, 0.4) is 0 Å². The number of halogens is 6. The summed E-state index contributed by atoms with van der Waals surface area (Å²) in [7, 11) is 1.37. The summed E-state index contributed by atoms with van der Waals surface area (Å²) in [4.78, 5) is 17.5. The van der Waals surface area contributed by atoms with Crippen molar-refractivity contribution < 1.29 is 22.8 Å². The van der Waals surface area contributed by atoms with E-state index in [0.717, 1.165) is 22.7 Å². The summed E-state index contributed by atoms with van der Waals surface area (Å²) in [6.07, 6.45) is -3.96. The smallest absolute Gasteiger partial charge is 0.313 e. The second-order valence-electron chi connectivity index (χ2n) is 5.98. The molecule has 0 N–H and O–H groups in total. The Morgan fingerprint density at radius 3 is 2.39 bits per heavy atom. The average molecular weight is 509 g/mol. The summed E-state index contributed by atoms with van der Waals surface area (Å²) in [5.41, 5.74) is -1.57. The third-order valence-electron chi connectivity index (χ3n) is 3.79. The normalized spacial score (nSPS) is 11.8. The Morgan fingerprint density at radius 2 is 1.77 bits per heavy atom. The van der Waals surface area contributed by atoms with Crippen LogP contribution in [-0.2, 0) is 18.1 Å². The van der Waals surface area contributed by atoms with Gasteiger partial charge in [-0.15, -0.1) is 0 Å². The molecular weight excluding hydrogens is 498 g/mol. The van der Waals surface area contributed by atoms with Crippen molar-refractivity contribution in [2.24, 2.45) is 12.2 Å². The van der Waals surface area contributed by atoms with Gasteiger partial charge in [0.2, 0.25) is 0 Å². The van der Waals surface area contributed by atoms with Crippen molar-refractivity contribution in [3.05, 3.63) is 74.4 Å². The molecule has 5 nitrogen and oxygen atoms in total. The highest BCUT2D eigenvalue weighted by Gasteiger charge is 2.38. The Kier molecular flexibility index (Phi) is 7.20. The average Bonchev–Trinajstić information content (AvgIpc) is 2.99. The Labute approximate surface area is 193 Å². The lowest BCUT2D eigenvalue weighted by atomic mass is 10.2. The van der Waals surface area contributed by atoms with Crippen LogP contribution in [0.1, 0.15) is 21.6 Å². The molecule has 2 aromatic carbocycles. The zero-order chi connectivity index (χ0) is 22.8. The third-order valence-corrected chi connectivity index (χ3v) is 5.78. The van der Waals surface area contributed by atoms with Crippen molar-refractivity contribution in [3.63, 3.8) is 0 Å². The van der Waals surface area contributed by atoms with Gasteiger partial charge in [-0.25, -0.2) is 4.79 Å². The highest BCUT2D eigenvalue weighted by molar-refractivity contribution is 7.99. The van der Waals surface area contributed by atoms with E-state index in [0.29, 0.717) is 14.9 Å². The molecule has 0 amide bonds. The summed E-state index contributed by atoms with van der Waals surface area (Å²) < 4.78 is 41.5. The molecule has 1 heterocycles. The monoisotopic (exact) mass is 507 g/mol. The van der Waals surface area contributed by atoms with E-state index in [4.69, 9.17) is 39.6 Å². The van der Waals surface area contributed by atoms with Crippen LogP contribution >= 0.6 is 46.6 Å². The predicted molar refractivity (Wildman–Crippen MR) is 113 cm³/mol. The van der Waals surface area contributed by atoms with E-state index in [1.807, 2.05) is 0 Å². The minimum Gasteiger partial charge on any atom is -0.313 e. The predicted octanol–water partition coefficient (Wildman–Crippen LogP) is 6.74. The standard InChI is InChI=1S/C19H11Cl3F3N3O2S/c1-28-17(31-12-5-2-10(20)3-6-12)14(16(27-28)19(23,24)25)9-26-30-18(29)13-7-4-11(21)8-15(13)22/h2-9H,1H3/b26-9+. The zero-order valence-corrected chi connectivity index (χ0v) is 18.5. The van der Waals surface area contributed by atoms with Gasteiger partial charge in [0.15, 0.2) is 5.69 Å². The highest BCUT2D eigenvalue weighted by Crippen LogP contribution is 2.37. The molecular formula is C19H11Cl3F3N3O2S. The topological polar surface area (TPSA) is 56.5 Å². The van der Waals surface area contributed by atoms with Crippen LogP contribution in [0.4, 0.5) is 13.2 Å². The lowest BCUT2D eigenvalue weighted by Crippen LogP contribution is -2.09. The maximum atomic E-state index is 13.5. The van der Waals surface area contributed by atoms with Crippen molar-refractivity contribution in [3.8, 4) is 0 Å².